The van der Waals surface area contributed by atoms with Crippen LogP contribution in [0.1, 0.15) is 5.56 Å². The van der Waals surface area contributed by atoms with Gasteiger partial charge in [-0.15, -0.1) is 0 Å². The largest absolute Gasteiger partial charge is 0.491 e. The lowest BCUT2D eigenvalue weighted by Crippen LogP contribution is -2.13. The highest BCUT2D eigenvalue weighted by Crippen LogP contribution is 2.20. The molecular weight excluding hydrogens is 396 g/mol. The zero-order valence-corrected chi connectivity index (χ0v) is 16.9. The van der Waals surface area contributed by atoms with E-state index in [2.05, 4.69) is 0 Å². The molecule has 0 fully saturated rings. The first kappa shape index (κ1) is 20.3. The number of hydrogen-bond donors (Lipinski definition) is 0. The third-order valence-corrected chi connectivity index (χ3v) is 6.62. The van der Waals surface area contributed by atoms with Crippen LogP contribution in [0, 0.1) is 6.92 Å². The van der Waals surface area contributed by atoms with Crippen molar-refractivity contribution in [3.8, 4) is 5.75 Å². The quantitative estimate of drug-likeness (QED) is 0.411. The Labute approximate surface area is 167 Å². The first-order chi connectivity index (χ1) is 13.5. The summed E-state index contributed by atoms with van der Waals surface area (Å²) in [6, 6.07) is 22.5. The average Bonchev–Trinajstić information content (AvgIpc) is 2.72. The van der Waals surface area contributed by atoms with Gasteiger partial charge in [-0.3, -0.25) is 4.18 Å². The first-order valence-corrected chi connectivity index (χ1v) is 11.2. The van der Waals surface area contributed by atoms with Gasteiger partial charge in [-0.1, -0.05) is 35.9 Å². The average molecular weight is 417 g/mol. The monoisotopic (exact) mass is 416 g/mol. The standard InChI is InChI=1S/C21H20O5S2/c1-17-7-13-21(14-8-17)28(23,24)26-16-15-25-18-9-11-20(12-10-18)27(22)19-5-3-2-4-6-19/h2-14H,15-16H2,1H3. The Morgan fingerprint density at radius 1 is 0.786 bits per heavy atom. The maximum atomic E-state index is 12.5. The summed E-state index contributed by atoms with van der Waals surface area (Å²) < 4.78 is 47.2. The predicted molar refractivity (Wildman–Crippen MR) is 107 cm³/mol. The third kappa shape index (κ3) is 5.28. The van der Waals surface area contributed by atoms with Gasteiger partial charge in [0.1, 0.15) is 19.0 Å². The van der Waals surface area contributed by atoms with Crippen LogP contribution in [0.5, 0.6) is 5.75 Å². The fourth-order valence-electron chi connectivity index (χ4n) is 2.42. The van der Waals surface area contributed by atoms with Gasteiger partial charge in [0.2, 0.25) is 0 Å². The molecule has 28 heavy (non-hydrogen) atoms. The molecule has 7 heteroatoms. The van der Waals surface area contributed by atoms with Crippen LogP contribution in [0.4, 0.5) is 0 Å². The molecule has 0 aromatic heterocycles. The van der Waals surface area contributed by atoms with Crippen molar-refractivity contribution in [3.63, 3.8) is 0 Å². The van der Waals surface area contributed by atoms with Gasteiger partial charge in [-0.2, -0.15) is 8.42 Å². The molecule has 146 valence electrons. The highest BCUT2D eigenvalue weighted by Gasteiger charge is 2.14. The summed E-state index contributed by atoms with van der Waals surface area (Å²) in [5, 5.41) is 0. The van der Waals surface area contributed by atoms with Crippen LogP contribution in [0.2, 0.25) is 0 Å². The van der Waals surface area contributed by atoms with E-state index in [1.54, 1.807) is 36.4 Å². The first-order valence-electron chi connectivity index (χ1n) is 8.61. The molecular formula is C21H20O5S2. The predicted octanol–water partition coefficient (Wildman–Crippen LogP) is 3.95. The zero-order chi connectivity index (χ0) is 20.0. The van der Waals surface area contributed by atoms with Gasteiger partial charge in [0, 0.05) is 9.79 Å². The lowest BCUT2D eigenvalue weighted by molar-refractivity contribution is 0.221. The lowest BCUT2D eigenvalue weighted by atomic mass is 10.2. The highest BCUT2D eigenvalue weighted by molar-refractivity contribution is 7.86. The fraction of sp³-hybridized carbons (Fsp3) is 0.143. The van der Waals surface area contributed by atoms with Crippen LogP contribution in [0.3, 0.4) is 0 Å². The van der Waals surface area contributed by atoms with Gasteiger partial charge in [0.05, 0.1) is 15.7 Å². The van der Waals surface area contributed by atoms with Crippen LogP contribution in [0.25, 0.3) is 0 Å². The van der Waals surface area contributed by atoms with Crippen LogP contribution < -0.4 is 4.74 Å². The van der Waals surface area contributed by atoms with E-state index in [9.17, 15) is 12.6 Å². The summed E-state index contributed by atoms with van der Waals surface area (Å²) in [7, 11) is -5.06. The normalized spacial score (nSPS) is 12.5. The molecule has 3 aromatic rings. The van der Waals surface area contributed by atoms with E-state index in [4.69, 9.17) is 8.92 Å². The lowest BCUT2D eigenvalue weighted by Gasteiger charge is -2.09. The van der Waals surface area contributed by atoms with Gasteiger partial charge >= 0.3 is 0 Å². The molecule has 0 bridgehead atoms. The second kappa shape index (κ2) is 9.14. The zero-order valence-electron chi connectivity index (χ0n) is 15.3. The molecule has 0 radical (unpaired) electrons. The molecule has 0 N–H and O–H groups in total. The van der Waals surface area contributed by atoms with E-state index >= 15 is 0 Å². The Morgan fingerprint density at radius 2 is 1.39 bits per heavy atom. The number of ether oxygens (including phenoxy) is 1. The maximum Gasteiger partial charge on any atom is 0.297 e. The van der Waals surface area contributed by atoms with Crippen molar-refractivity contribution in [1.82, 2.24) is 0 Å². The summed E-state index contributed by atoms with van der Waals surface area (Å²) in [4.78, 5) is 1.51. The summed E-state index contributed by atoms with van der Waals surface area (Å²) in [5.41, 5.74) is 0.971. The maximum absolute atomic E-state index is 12.5. The van der Waals surface area contributed by atoms with Gasteiger partial charge in [-0.25, -0.2) is 4.21 Å². The summed E-state index contributed by atoms with van der Waals surface area (Å²) in [6.45, 7) is 1.85. The van der Waals surface area contributed by atoms with Crippen molar-refractivity contribution in [2.24, 2.45) is 0 Å². The fourth-order valence-corrected chi connectivity index (χ4v) is 4.37. The minimum absolute atomic E-state index is 0.0756. The van der Waals surface area contributed by atoms with E-state index in [1.807, 2.05) is 37.3 Å². The Morgan fingerprint density at radius 3 is 2.04 bits per heavy atom. The summed E-state index contributed by atoms with van der Waals surface area (Å²) in [6.07, 6.45) is 0. The molecule has 0 aliphatic carbocycles. The molecule has 0 aliphatic heterocycles. The van der Waals surface area contributed by atoms with Crippen molar-refractivity contribution in [1.29, 1.82) is 0 Å². The van der Waals surface area contributed by atoms with Crippen LogP contribution in [0.15, 0.2) is 93.5 Å². The van der Waals surface area contributed by atoms with Gasteiger partial charge < -0.3 is 4.74 Å². The van der Waals surface area contributed by atoms with E-state index in [1.165, 1.54) is 12.1 Å². The third-order valence-electron chi connectivity index (χ3n) is 3.90. The van der Waals surface area contributed by atoms with Crippen molar-refractivity contribution in [3.05, 3.63) is 84.4 Å². The van der Waals surface area contributed by atoms with E-state index in [0.29, 0.717) is 10.6 Å². The Balaban J connectivity index is 1.51. The topological polar surface area (TPSA) is 69.7 Å². The summed E-state index contributed by atoms with van der Waals surface area (Å²) in [5.74, 6) is 0.546. The number of rotatable bonds is 8. The molecule has 1 unspecified atom stereocenters. The van der Waals surface area contributed by atoms with Crippen LogP contribution in [-0.4, -0.2) is 25.8 Å². The highest BCUT2D eigenvalue weighted by atomic mass is 32.2. The second-order valence-corrected chi connectivity index (χ2v) is 9.09. The molecule has 0 heterocycles. The van der Waals surface area contributed by atoms with Gasteiger partial charge in [0.15, 0.2) is 0 Å². The molecule has 0 saturated carbocycles. The van der Waals surface area contributed by atoms with Crippen molar-refractivity contribution < 1.29 is 21.5 Å². The van der Waals surface area contributed by atoms with E-state index in [0.717, 1.165) is 10.5 Å². The number of aryl methyl sites for hydroxylation is 1. The van der Waals surface area contributed by atoms with Crippen LogP contribution >= 0.6 is 0 Å². The van der Waals surface area contributed by atoms with Crippen LogP contribution in [-0.2, 0) is 25.1 Å². The molecule has 0 saturated heterocycles. The molecule has 0 amide bonds. The summed E-state index contributed by atoms with van der Waals surface area (Å²) >= 11 is 0. The molecule has 0 spiro atoms. The van der Waals surface area contributed by atoms with Gasteiger partial charge in [-0.05, 0) is 55.5 Å². The minimum atomic E-state index is -3.80. The number of hydrogen-bond acceptors (Lipinski definition) is 5. The van der Waals surface area contributed by atoms with E-state index < -0.39 is 20.9 Å². The molecule has 0 aliphatic rings. The van der Waals surface area contributed by atoms with Crippen molar-refractivity contribution >= 4 is 20.9 Å². The van der Waals surface area contributed by atoms with Crippen molar-refractivity contribution in [2.75, 3.05) is 13.2 Å². The Bertz CT molecular complexity index is 1030. The van der Waals surface area contributed by atoms with E-state index in [-0.39, 0.29) is 18.1 Å². The second-order valence-electron chi connectivity index (χ2n) is 5.99. The molecule has 5 nitrogen and oxygen atoms in total. The Hall–Kier alpha value is -2.48. The molecule has 1 atom stereocenters. The molecule has 3 aromatic carbocycles. The van der Waals surface area contributed by atoms with Gasteiger partial charge in [0.25, 0.3) is 10.1 Å². The minimum Gasteiger partial charge on any atom is -0.491 e. The molecule has 3 rings (SSSR count). The Kier molecular flexibility index (Phi) is 6.61. The smallest absolute Gasteiger partial charge is 0.297 e. The number of benzene rings is 3. The van der Waals surface area contributed by atoms with Crippen molar-refractivity contribution in [2.45, 2.75) is 21.6 Å². The SMILES string of the molecule is Cc1ccc(S(=O)(=O)OCCOc2ccc(S(=O)c3ccccc3)cc2)cc1.